The summed E-state index contributed by atoms with van der Waals surface area (Å²) < 4.78 is 54.8. The Hall–Kier alpha value is -11.7. The van der Waals surface area contributed by atoms with Gasteiger partial charge in [-0.3, -0.25) is 54.5 Å². The number of pyridine rings is 1. The third-order valence-corrected chi connectivity index (χ3v) is 35.3. The van der Waals surface area contributed by atoms with Gasteiger partial charge in [0.15, 0.2) is 28.9 Å². The molecule has 6 heterocycles. The minimum absolute atomic E-state index is 0. The zero-order valence-corrected chi connectivity index (χ0v) is 84.9. The van der Waals surface area contributed by atoms with E-state index >= 15 is 0 Å². The van der Waals surface area contributed by atoms with Crippen molar-refractivity contribution >= 4 is 28.9 Å². The largest absolute Gasteiger partial charge is 0.294 e. The molecule has 17 nitrogen and oxygen atoms in total. The SMILES string of the molecule is C.CC1(C)CC(=O)C2=C(Cc3[nH]nc(C4CC(F)(F)C4)c3C2(C)c2cccc(C#N)c2)C1.CC1(C)CC(=O)C2=C(Cc3[nH]nc(C4CC4)c3C2(C)c2cccnc2)C1.CC1(c2ccccc2)C2=C(Cc3[nH]nc(C4CC4)c31)CC1(CCCCC1)CC2=O.Cc1cccc(C2(C)C3=C(Cc4[nH]nc(C5CC(F)(F)C5)c42)CC(C)(C)CC3=O)c1.Cc1ccccc1C1(C)C2=C(Cc3n[nH]c(C)c31)CC(C)(C)CC2=O. The predicted molar refractivity (Wildman–Crippen MR) is 544 cm³/mol. The van der Waals surface area contributed by atoms with Gasteiger partial charge in [0.1, 0.15) is 0 Å². The number of hydrogen-bond donors (Lipinski definition) is 5. The monoisotopic (exact) mass is 1920 g/mol. The number of alkyl halides is 4. The van der Waals surface area contributed by atoms with E-state index in [9.17, 15) is 46.8 Å². The van der Waals surface area contributed by atoms with Gasteiger partial charge in [0.25, 0.3) is 0 Å². The number of rotatable bonds is 9. The van der Waals surface area contributed by atoms with Crippen molar-refractivity contribution in [1.82, 2.24) is 56.0 Å². The quantitative estimate of drug-likeness (QED) is 0.0845. The first kappa shape index (κ1) is 97.8. The lowest BCUT2D eigenvalue weighted by molar-refractivity contribution is -0.120. The number of ketones is 5. The second-order valence-electron chi connectivity index (χ2n) is 49.0. The molecule has 1 spiro atoms. The highest BCUT2D eigenvalue weighted by atomic mass is 19.3. The molecule has 740 valence electrons. The molecule has 5 unspecified atom stereocenters. The number of nitrogens with zero attached hydrogens (tertiary/aromatic N) is 7. The number of nitrogens with one attached hydrogen (secondary N) is 5. The average molecular weight is 1920 g/mol. The average Bonchev–Trinajstić information content (AvgIpc) is 1.35. The Kier molecular flexibility index (Phi) is 24.0. The molecule has 6 aromatic heterocycles. The molecule has 5 saturated carbocycles. The van der Waals surface area contributed by atoms with Crippen molar-refractivity contribution in [1.29, 1.82) is 5.26 Å². The molecule has 25 rings (SSSR count). The highest BCUT2D eigenvalue weighted by Crippen LogP contribution is 2.64. The number of aryl methyl sites for hydroxylation is 3. The molecule has 15 aliphatic rings. The fourth-order valence-corrected chi connectivity index (χ4v) is 29.3. The number of allylic oxidation sites excluding steroid dienone is 10. The van der Waals surface area contributed by atoms with Crippen LogP contribution in [0.15, 0.2) is 183 Å². The van der Waals surface area contributed by atoms with Gasteiger partial charge < -0.3 is 0 Å². The number of aromatic nitrogens is 11. The van der Waals surface area contributed by atoms with Gasteiger partial charge >= 0.3 is 0 Å². The van der Waals surface area contributed by atoms with Gasteiger partial charge in [0.2, 0.25) is 11.8 Å². The number of fused-ring (bicyclic) bond motifs is 5. The van der Waals surface area contributed by atoms with E-state index in [1.807, 2.05) is 56.4 Å². The van der Waals surface area contributed by atoms with Crippen molar-refractivity contribution in [2.45, 2.75) is 361 Å². The first-order valence-electron chi connectivity index (χ1n) is 51.8. The molecule has 5 N–H and O–H groups in total. The number of benzene rings is 4. The van der Waals surface area contributed by atoms with Crippen molar-refractivity contribution in [3.8, 4) is 6.07 Å². The molecule has 21 heteroatoms. The summed E-state index contributed by atoms with van der Waals surface area (Å²) in [5.74, 6) is -3.43. The van der Waals surface area contributed by atoms with Crippen LogP contribution in [0.2, 0.25) is 0 Å². The van der Waals surface area contributed by atoms with Crippen molar-refractivity contribution in [3.63, 3.8) is 0 Å². The van der Waals surface area contributed by atoms with Crippen LogP contribution in [0.4, 0.5) is 17.6 Å². The molecule has 0 bridgehead atoms. The van der Waals surface area contributed by atoms with E-state index in [0.29, 0.717) is 79.0 Å². The number of Topliss-reactive ketones (excluding diaryl/α,β-unsaturated/α-hetero) is 5. The second-order valence-corrected chi connectivity index (χ2v) is 49.0. The Balaban J connectivity index is 0.000000109. The van der Waals surface area contributed by atoms with Crippen LogP contribution in [-0.2, 0) is 83.2 Å². The van der Waals surface area contributed by atoms with E-state index < -0.39 is 33.5 Å². The normalized spacial score (nSPS) is 26.8. The van der Waals surface area contributed by atoms with Crippen LogP contribution >= 0.6 is 0 Å². The number of H-pyrrole nitrogens is 5. The summed E-state index contributed by atoms with van der Waals surface area (Å²) in [6.45, 7) is 34.4. The minimum atomic E-state index is -2.66. The van der Waals surface area contributed by atoms with Crippen LogP contribution in [0.25, 0.3) is 0 Å². The van der Waals surface area contributed by atoms with E-state index in [-0.39, 0.29) is 89.0 Å². The van der Waals surface area contributed by atoms with Crippen molar-refractivity contribution < 1.29 is 41.5 Å². The van der Waals surface area contributed by atoms with Gasteiger partial charge in [-0.25, -0.2) is 17.6 Å². The molecule has 0 saturated heterocycles. The first-order chi connectivity index (χ1) is 66.8. The summed E-state index contributed by atoms with van der Waals surface area (Å²) in [5, 5.41) is 48.9. The molecule has 5 atom stereocenters. The predicted octanol–water partition coefficient (Wildman–Crippen LogP) is 26.3. The van der Waals surface area contributed by atoms with Gasteiger partial charge in [-0.2, -0.15) is 30.8 Å². The maximum Gasteiger partial charge on any atom is 0.249 e. The van der Waals surface area contributed by atoms with Gasteiger partial charge in [0.05, 0.1) is 45.5 Å². The Morgan fingerprint density at radius 2 is 0.732 bits per heavy atom. The molecule has 15 aliphatic carbocycles. The standard InChI is InChI=1S/C26H30N2O.C25H25F2N3O.C25H28F2N2O.C22H25N3O.C22H26N2O.CH4/c1-25(19-8-4-2-5-9-19)22-18(14-20-23(25)24(28-27-20)17-10-11-17)15-26(16-21(22)29)12-6-3-7-13-26;1-23(2)9-15-8-18-21(22(30-29-18)16-10-25(26,27)11-16)24(3,20(15)19(31)12-23)17-6-4-5-14(7-17)13-28;1-14-6-5-7-17(8-14)24(4)20-15(10-23(2,3)13-19(20)30)9-18-21(24)22(29-28-18)16-11-25(26,27)12-16;1-21(2)10-14-9-16-19(20(25-24-16)13-6-7-13)22(3,18(14)17(26)11-21)15-5-4-8-23-12-15;1-13-8-6-7-9-16(13)22(5)19-14(2)23-24-17(19)10-15-11-21(3,4)12-18(25)20(15)22;/h2,4-5,8-9,17H,3,6-7,10-16H2,1H3,(H,27,28);4-7,16H,8-12H2,1-3H3,(H,29,30);5-8,16H,9-13H2,1-4H3,(H,28,29);4-5,8,12-13H,6-7,9-11H2,1-3H3,(H,24,25);6-9H,10-12H2,1-5H3,(H,23,24);1H4. The third-order valence-electron chi connectivity index (χ3n) is 35.3. The summed E-state index contributed by atoms with van der Waals surface area (Å²) in [7, 11) is 0. The zero-order valence-electron chi connectivity index (χ0n) is 84.9. The van der Waals surface area contributed by atoms with Crippen LogP contribution in [0.5, 0.6) is 0 Å². The Morgan fingerprint density at radius 3 is 1.15 bits per heavy atom. The van der Waals surface area contributed by atoms with E-state index in [4.69, 9.17) is 10.2 Å². The van der Waals surface area contributed by atoms with E-state index in [1.54, 1.807) is 12.3 Å². The summed E-state index contributed by atoms with van der Waals surface area (Å²) in [5.41, 5.74) is 32.5. The fourth-order valence-electron chi connectivity index (χ4n) is 29.3. The lowest BCUT2D eigenvalue weighted by Gasteiger charge is -2.47. The number of carbonyl (C=O) groups is 5. The first-order valence-corrected chi connectivity index (χ1v) is 51.8. The molecule has 0 radical (unpaired) electrons. The number of halogens is 4. The number of aromatic amines is 5. The number of hydrogen-bond acceptors (Lipinski definition) is 12. The van der Waals surface area contributed by atoms with Gasteiger partial charge in [-0.15, -0.1) is 0 Å². The van der Waals surface area contributed by atoms with Gasteiger partial charge in [0, 0.05) is 232 Å². The van der Waals surface area contributed by atoms with E-state index in [2.05, 4.69) is 222 Å². The molecular weight excluding hydrogens is 1780 g/mol. The van der Waals surface area contributed by atoms with Crippen LogP contribution in [-0.4, -0.2) is 96.7 Å². The maximum atomic E-state index is 13.8. The number of nitriles is 1. The Morgan fingerprint density at radius 1 is 0.359 bits per heavy atom. The summed E-state index contributed by atoms with van der Waals surface area (Å²) >= 11 is 0. The molecule has 10 aromatic rings. The highest BCUT2D eigenvalue weighted by molar-refractivity contribution is 6.05. The Bertz CT molecular complexity index is 7050. The topological polar surface area (TPSA) is 265 Å². The highest BCUT2D eigenvalue weighted by Gasteiger charge is 2.60. The van der Waals surface area contributed by atoms with E-state index in [0.717, 1.165) is 153 Å². The summed E-state index contributed by atoms with van der Waals surface area (Å²) in [4.78, 5) is 71.9. The minimum Gasteiger partial charge on any atom is -0.294 e. The Labute approximate surface area is 833 Å². The molecule has 142 heavy (non-hydrogen) atoms. The second kappa shape index (κ2) is 34.8. The molecule has 0 aliphatic heterocycles. The smallest absolute Gasteiger partial charge is 0.249 e. The molecular formula is C121H138F4N12O5. The van der Waals surface area contributed by atoms with Crippen molar-refractivity contribution in [3.05, 3.63) is 313 Å². The lowest BCUT2D eigenvalue weighted by Crippen LogP contribution is -2.43. The van der Waals surface area contributed by atoms with Crippen molar-refractivity contribution in [2.24, 2.45) is 27.1 Å². The maximum absolute atomic E-state index is 13.8. The zero-order chi connectivity index (χ0) is 99.4. The summed E-state index contributed by atoms with van der Waals surface area (Å²) in [6.07, 6.45) is 25.6. The van der Waals surface area contributed by atoms with Gasteiger partial charge in [-0.05, 0) is 205 Å². The van der Waals surface area contributed by atoms with Crippen LogP contribution in [0, 0.1) is 59.2 Å². The van der Waals surface area contributed by atoms with Crippen LogP contribution in [0.3, 0.4) is 0 Å². The fraction of sp³-hybridized carbons (Fsp3) is 0.504. The van der Waals surface area contributed by atoms with Crippen LogP contribution < -0.4 is 0 Å². The lowest BCUT2D eigenvalue weighted by atomic mass is 9.55. The third kappa shape index (κ3) is 16.6. The molecule has 0 amide bonds. The summed E-state index contributed by atoms with van der Waals surface area (Å²) in [6, 6.07) is 41.0. The molecule has 5 fully saturated rings. The van der Waals surface area contributed by atoms with Crippen molar-refractivity contribution in [2.75, 3.05) is 0 Å². The van der Waals surface area contributed by atoms with Crippen LogP contribution in [0.1, 0.15) is 398 Å². The number of carbonyl (C=O) groups excluding carboxylic acids is 5. The molecule has 4 aromatic carbocycles. The van der Waals surface area contributed by atoms with Gasteiger partial charge in [-0.1, -0.05) is 213 Å². The van der Waals surface area contributed by atoms with E-state index in [1.165, 1.54) is 136 Å².